The molecule has 0 aliphatic rings. The van der Waals surface area contributed by atoms with Crippen LogP contribution in [0.5, 0.6) is 0 Å². The number of aliphatic hydroxyl groups is 1. The van der Waals surface area contributed by atoms with Gasteiger partial charge in [0.25, 0.3) is 0 Å². The first-order valence-electron chi connectivity index (χ1n) is 11.3. The summed E-state index contributed by atoms with van der Waals surface area (Å²) >= 11 is 0. The van der Waals surface area contributed by atoms with Gasteiger partial charge < -0.3 is 25.0 Å². The van der Waals surface area contributed by atoms with Crippen LogP contribution in [0.3, 0.4) is 0 Å². The topological polar surface area (TPSA) is 139 Å². The molecule has 3 N–H and O–H groups in total. The molecule has 0 fully saturated rings. The Bertz CT molecular complexity index is 538. The molecule has 0 aromatic heterocycles. The second-order valence-corrected chi connectivity index (χ2v) is 7.73. The number of hydrogen-bond donors (Lipinski definition) is 3. The smallest absolute Gasteiger partial charge is 0.328 e. The third-order valence-corrected chi connectivity index (χ3v) is 4.65. The lowest BCUT2D eigenvalue weighted by atomic mass is 10.1. The van der Waals surface area contributed by atoms with Crippen molar-refractivity contribution in [2.45, 2.75) is 103 Å². The SMILES string of the molecule is CCCCCCCCCCCC(=O)OC[C@H](O)COC(=O)[C@H](CCC(=O)O)NC(C)=O. The fourth-order valence-electron chi connectivity index (χ4n) is 2.93. The molecule has 0 saturated heterocycles. The Labute approximate surface area is 184 Å². The first-order valence-corrected chi connectivity index (χ1v) is 11.3. The molecule has 2 atom stereocenters. The van der Waals surface area contributed by atoms with Crippen molar-refractivity contribution in [1.29, 1.82) is 0 Å². The third kappa shape index (κ3) is 18.3. The lowest BCUT2D eigenvalue weighted by molar-refractivity contribution is -0.155. The Morgan fingerprint density at radius 2 is 1.39 bits per heavy atom. The van der Waals surface area contributed by atoms with Gasteiger partial charge in [0.15, 0.2) is 0 Å². The Kier molecular flexibility index (Phi) is 17.3. The Hall–Kier alpha value is -2.16. The zero-order chi connectivity index (χ0) is 23.5. The van der Waals surface area contributed by atoms with E-state index in [0.717, 1.165) is 19.3 Å². The number of carbonyl (C=O) groups excluding carboxylic acids is 3. The van der Waals surface area contributed by atoms with Gasteiger partial charge in [0.1, 0.15) is 25.4 Å². The molecular weight excluding hydrogens is 406 g/mol. The maximum absolute atomic E-state index is 12.0. The minimum atomic E-state index is -1.20. The second-order valence-electron chi connectivity index (χ2n) is 7.73. The molecule has 0 aromatic carbocycles. The molecule has 0 bridgehead atoms. The minimum absolute atomic E-state index is 0.127. The highest BCUT2D eigenvalue weighted by atomic mass is 16.6. The van der Waals surface area contributed by atoms with Gasteiger partial charge in [-0.2, -0.15) is 0 Å². The highest BCUT2D eigenvalue weighted by molar-refractivity contribution is 5.83. The Morgan fingerprint density at radius 1 is 0.839 bits per heavy atom. The van der Waals surface area contributed by atoms with Gasteiger partial charge in [-0.1, -0.05) is 58.3 Å². The van der Waals surface area contributed by atoms with E-state index >= 15 is 0 Å². The minimum Gasteiger partial charge on any atom is -0.481 e. The van der Waals surface area contributed by atoms with Gasteiger partial charge in [-0.15, -0.1) is 0 Å². The third-order valence-electron chi connectivity index (χ3n) is 4.65. The van der Waals surface area contributed by atoms with Crippen molar-refractivity contribution in [2.24, 2.45) is 0 Å². The average molecular weight is 446 g/mol. The van der Waals surface area contributed by atoms with Gasteiger partial charge in [-0.05, 0) is 12.8 Å². The van der Waals surface area contributed by atoms with Crippen LogP contribution in [0.15, 0.2) is 0 Å². The zero-order valence-electron chi connectivity index (χ0n) is 18.9. The van der Waals surface area contributed by atoms with Crippen LogP contribution in [-0.2, 0) is 28.7 Å². The van der Waals surface area contributed by atoms with Gasteiger partial charge in [0.2, 0.25) is 5.91 Å². The number of carboxylic acid groups (broad SMARTS) is 1. The molecule has 9 heteroatoms. The molecule has 0 aliphatic heterocycles. The molecular formula is C22H39NO8. The zero-order valence-corrected chi connectivity index (χ0v) is 18.9. The molecule has 0 rings (SSSR count). The van der Waals surface area contributed by atoms with Crippen molar-refractivity contribution >= 4 is 23.8 Å². The number of unbranched alkanes of at least 4 members (excludes halogenated alkanes) is 8. The van der Waals surface area contributed by atoms with Gasteiger partial charge in [-0.25, -0.2) is 4.79 Å². The maximum Gasteiger partial charge on any atom is 0.328 e. The molecule has 180 valence electrons. The van der Waals surface area contributed by atoms with E-state index in [0.29, 0.717) is 0 Å². The van der Waals surface area contributed by atoms with E-state index in [1.807, 2.05) is 0 Å². The van der Waals surface area contributed by atoms with Crippen molar-refractivity contribution in [3.8, 4) is 0 Å². The summed E-state index contributed by atoms with van der Waals surface area (Å²) in [6, 6.07) is -1.12. The predicted octanol–water partition coefficient (Wildman–Crippen LogP) is 2.72. The number of nitrogens with one attached hydrogen (secondary N) is 1. The van der Waals surface area contributed by atoms with E-state index in [1.54, 1.807) is 0 Å². The number of esters is 2. The number of aliphatic hydroxyl groups excluding tert-OH is 1. The average Bonchev–Trinajstić information content (AvgIpc) is 2.71. The van der Waals surface area contributed by atoms with Gasteiger partial charge >= 0.3 is 17.9 Å². The van der Waals surface area contributed by atoms with Crippen LogP contribution >= 0.6 is 0 Å². The van der Waals surface area contributed by atoms with Crippen molar-refractivity contribution in [3.05, 3.63) is 0 Å². The summed E-state index contributed by atoms with van der Waals surface area (Å²) in [5.41, 5.74) is 0. The summed E-state index contributed by atoms with van der Waals surface area (Å²) in [5, 5.41) is 20.8. The fourth-order valence-corrected chi connectivity index (χ4v) is 2.93. The molecule has 0 aliphatic carbocycles. The number of carbonyl (C=O) groups is 4. The van der Waals surface area contributed by atoms with Gasteiger partial charge in [-0.3, -0.25) is 14.4 Å². The second kappa shape index (κ2) is 18.6. The summed E-state index contributed by atoms with van der Waals surface area (Å²) in [6.45, 7) is 2.67. The summed E-state index contributed by atoms with van der Waals surface area (Å²) in [6.07, 6.45) is 8.91. The number of carboxylic acids is 1. The predicted molar refractivity (Wildman–Crippen MR) is 114 cm³/mol. The van der Waals surface area contributed by atoms with E-state index in [9.17, 15) is 24.3 Å². The maximum atomic E-state index is 12.0. The number of rotatable bonds is 19. The van der Waals surface area contributed by atoms with Crippen LogP contribution in [0.2, 0.25) is 0 Å². The monoisotopic (exact) mass is 445 g/mol. The van der Waals surface area contributed by atoms with Crippen LogP contribution in [0.1, 0.15) is 90.9 Å². The lowest BCUT2D eigenvalue weighted by Gasteiger charge is -2.17. The molecule has 0 spiro atoms. The van der Waals surface area contributed by atoms with E-state index in [4.69, 9.17) is 14.6 Å². The lowest BCUT2D eigenvalue weighted by Crippen LogP contribution is -2.42. The molecule has 0 saturated carbocycles. The molecule has 0 radical (unpaired) electrons. The van der Waals surface area contributed by atoms with Crippen LogP contribution in [0, 0.1) is 0 Å². The molecule has 9 nitrogen and oxygen atoms in total. The molecule has 1 amide bonds. The summed E-state index contributed by atoms with van der Waals surface area (Å²) < 4.78 is 9.89. The number of ether oxygens (including phenoxy) is 2. The first kappa shape index (κ1) is 28.8. The van der Waals surface area contributed by atoms with Crippen LogP contribution in [0.4, 0.5) is 0 Å². The van der Waals surface area contributed by atoms with E-state index in [-0.39, 0.29) is 25.9 Å². The van der Waals surface area contributed by atoms with Crippen LogP contribution < -0.4 is 5.32 Å². The summed E-state index contributed by atoms with van der Waals surface area (Å²) in [4.78, 5) is 45.5. The molecule has 31 heavy (non-hydrogen) atoms. The van der Waals surface area contributed by atoms with Crippen molar-refractivity contribution in [1.82, 2.24) is 5.32 Å². The first-order chi connectivity index (χ1) is 14.8. The number of amides is 1. The van der Waals surface area contributed by atoms with Crippen molar-refractivity contribution < 1.29 is 38.9 Å². The van der Waals surface area contributed by atoms with Gasteiger partial charge in [0.05, 0.1) is 0 Å². The molecule has 0 unspecified atom stereocenters. The fraction of sp³-hybridized carbons (Fsp3) is 0.818. The van der Waals surface area contributed by atoms with E-state index in [1.165, 1.54) is 45.4 Å². The molecule has 0 heterocycles. The number of aliphatic carboxylic acids is 1. The Morgan fingerprint density at radius 3 is 1.94 bits per heavy atom. The number of hydrogen-bond acceptors (Lipinski definition) is 7. The molecule has 0 aromatic rings. The quantitative estimate of drug-likeness (QED) is 0.204. The summed E-state index contributed by atoms with van der Waals surface area (Å²) in [5.74, 6) is -2.87. The van der Waals surface area contributed by atoms with Crippen molar-refractivity contribution in [2.75, 3.05) is 13.2 Å². The van der Waals surface area contributed by atoms with E-state index < -0.39 is 42.6 Å². The van der Waals surface area contributed by atoms with E-state index in [2.05, 4.69) is 12.2 Å². The Balaban J connectivity index is 3.91. The highest BCUT2D eigenvalue weighted by Crippen LogP contribution is 2.11. The standard InChI is InChI=1S/C22H39NO8/c1-3-4-5-6-7-8-9-10-11-12-21(28)30-15-18(25)16-31-22(29)19(23-17(2)24)13-14-20(26)27/h18-19,25H,3-16H2,1-2H3,(H,23,24)(H,26,27)/t18-,19-/m0/s1. The normalized spacial score (nSPS) is 12.6. The highest BCUT2D eigenvalue weighted by Gasteiger charge is 2.23. The summed E-state index contributed by atoms with van der Waals surface area (Å²) in [7, 11) is 0. The largest absolute Gasteiger partial charge is 0.481 e. The van der Waals surface area contributed by atoms with Crippen LogP contribution in [0.25, 0.3) is 0 Å². The van der Waals surface area contributed by atoms with Crippen LogP contribution in [-0.4, -0.2) is 59.4 Å². The van der Waals surface area contributed by atoms with Gasteiger partial charge in [0, 0.05) is 19.8 Å². The van der Waals surface area contributed by atoms with Crippen molar-refractivity contribution in [3.63, 3.8) is 0 Å².